The van der Waals surface area contributed by atoms with Crippen LogP contribution in [0.3, 0.4) is 0 Å². The molecule has 0 saturated carbocycles. The van der Waals surface area contributed by atoms with Crippen LogP contribution in [0.4, 0.5) is 11.5 Å². The summed E-state index contributed by atoms with van der Waals surface area (Å²) in [5.74, 6) is 0.419. The highest BCUT2D eigenvalue weighted by Gasteiger charge is 2.04. The molecule has 2 aromatic rings. The van der Waals surface area contributed by atoms with Gasteiger partial charge in [0.1, 0.15) is 5.69 Å². The van der Waals surface area contributed by atoms with Crippen molar-refractivity contribution in [3.05, 3.63) is 32.8 Å². The van der Waals surface area contributed by atoms with Crippen molar-refractivity contribution in [3.8, 4) is 0 Å². The summed E-state index contributed by atoms with van der Waals surface area (Å²) in [4.78, 5) is 21.9. The summed E-state index contributed by atoms with van der Waals surface area (Å²) in [5, 5.41) is 6.09. The standard InChI is InChI=1S/C10H13N5OS/c1-6-4-17-7(15-6)2-3-12-9-8(11)10(16)14-5-13-9/h4-5H,2-3,11H2,1H3,(H2,12,13,14,16). The Balaban J connectivity index is 1.94. The third-order valence-electron chi connectivity index (χ3n) is 2.19. The third-order valence-corrected chi connectivity index (χ3v) is 3.21. The van der Waals surface area contributed by atoms with Gasteiger partial charge in [-0.05, 0) is 6.92 Å². The lowest BCUT2D eigenvalue weighted by Gasteiger charge is -2.05. The van der Waals surface area contributed by atoms with E-state index in [2.05, 4.69) is 20.3 Å². The quantitative estimate of drug-likeness (QED) is 0.746. The predicted octanol–water partition coefficient (Wildman–Crippen LogP) is 0.772. The van der Waals surface area contributed by atoms with E-state index in [0.29, 0.717) is 12.4 Å². The van der Waals surface area contributed by atoms with Gasteiger partial charge in [0.2, 0.25) is 0 Å². The van der Waals surface area contributed by atoms with Gasteiger partial charge in [0.25, 0.3) is 5.56 Å². The fourth-order valence-corrected chi connectivity index (χ4v) is 2.13. The molecule has 17 heavy (non-hydrogen) atoms. The summed E-state index contributed by atoms with van der Waals surface area (Å²) >= 11 is 1.62. The lowest BCUT2D eigenvalue weighted by Crippen LogP contribution is -2.17. The maximum Gasteiger partial charge on any atom is 0.276 e. The van der Waals surface area contributed by atoms with Gasteiger partial charge in [-0.3, -0.25) is 4.79 Å². The van der Waals surface area contributed by atoms with Gasteiger partial charge in [0.05, 0.1) is 11.3 Å². The third kappa shape index (κ3) is 2.82. The Morgan fingerprint density at radius 1 is 1.59 bits per heavy atom. The first kappa shape index (κ1) is 11.6. The number of nitrogens with zero attached hydrogens (tertiary/aromatic N) is 2. The van der Waals surface area contributed by atoms with Crippen LogP contribution in [-0.4, -0.2) is 21.5 Å². The largest absolute Gasteiger partial charge is 0.391 e. The smallest absolute Gasteiger partial charge is 0.276 e. The number of H-pyrrole nitrogens is 1. The second-order valence-corrected chi connectivity index (χ2v) is 4.50. The van der Waals surface area contributed by atoms with Crippen LogP contribution in [0.15, 0.2) is 16.5 Å². The summed E-state index contributed by atoms with van der Waals surface area (Å²) in [6.45, 7) is 2.61. The number of hydrogen-bond acceptors (Lipinski definition) is 6. The van der Waals surface area contributed by atoms with Crippen molar-refractivity contribution < 1.29 is 0 Å². The highest BCUT2D eigenvalue weighted by Crippen LogP contribution is 2.11. The van der Waals surface area contributed by atoms with E-state index >= 15 is 0 Å². The molecule has 2 aromatic heterocycles. The second kappa shape index (κ2) is 4.96. The molecule has 2 rings (SSSR count). The maximum absolute atomic E-state index is 11.2. The molecular formula is C10H13N5OS. The number of hydrogen-bond donors (Lipinski definition) is 3. The zero-order valence-electron chi connectivity index (χ0n) is 9.36. The molecule has 0 saturated heterocycles. The maximum atomic E-state index is 11.2. The number of nitrogen functional groups attached to an aromatic ring is 1. The van der Waals surface area contributed by atoms with Crippen LogP contribution in [0.2, 0.25) is 0 Å². The first-order valence-corrected chi connectivity index (χ1v) is 6.03. The van der Waals surface area contributed by atoms with Gasteiger partial charge in [-0.1, -0.05) is 0 Å². The number of aryl methyl sites for hydroxylation is 1. The molecule has 2 heterocycles. The SMILES string of the molecule is Cc1csc(CCNc2nc[nH]c(=O)c2N)n1. The minimum absolute atomic E-state index is 0.114. The van der Waals surface area contributed by atoms with Crippen LogP contribution >= 0.6 is 11.3 Å². The molecule has 0 spiro atoms. The molecule has 0 radical (unpaired) electrons. The minimum Gasteiger partial charge on any atom is -0.391 e. The highest BCUT2D eigenvalue weighted by atomic mass is 32.1. The molecule has 6 nitrogen and oxygen atoms in total. The Hall–Kier alpha value is -1.89. The number of thiazole rings is 1. The van der Waals surface area contributed by atoms with Crippen LogP contribution in [0, 0.1) is 6.92 Å². The van der Waals surface area contributed by atoms with Crippen LogP contribution in [0.25, 0.3) is 0 Å². The van der Waals surface area contributed by atoms with Crippen molar-refractivity contribution in [3.63, 3.8) is 0 Å². The fraction of sp³-hybridized carbons (Fsp3) is 0.300. The average Bonchev–Trinajstić information content (AvgIpc) is 2.70. The fourth-order valence-electron chi connectivity index (χ4n) is 1.36. The van der Waals surface area contributed by atoms with Crippen LogP contribution in [-0.2, 0) is 6.42 Å². The summed E-state index contributed by atoms with van der Waals surface area (Å²) in [6.07, 6.45) is 2.11. The van der Waals surface area contributed by atoms with Gasteiger partial charge in [-0.25, -0.2) is 9.97 Å². The normalized spacial score (nSPS) is 10.4. The number of nitrogens with one attached hydrogen (secondary N) is 2. The minimum atomic E-state index is -0.326. The van der Waals surface area contributed by atoms with E-state index < -0.39 is 0 Å². The lowest BCUT2D eigenvalue weighted by molar-refractivity contribution is 0.972. The monoisotopic (exact) mass is 251 g/mol. The van der Waals surface area contributed by atoms with Crippen molar-refractivity contribution in [2.45, 2.75) is 13.3 Å². The van der Waals surface area contributed by atoms with E-state index in [1.54, 1.807) is 11.3 Å². The predicted molar refractivity (Wildman–Crippen MR) is 68.3 cm³/mol. The van der Waals surface area contributed by atoms with Gasteiger partial charge in [0, 0.05) is 24.0 Å². The number of rotatable bonds is 4. The molecule has 4 N–H and O–H groups in total. The molecule has 0 aliphatic heterocycles. The van der Waals surface area contributed by atoms with Gasteiger partial charge in [0.15, 0.2) is 5.82 Å². The summed E-state index contributed by atoms with van der Waals surface area (Å²) in [5.41, 5.74) is 6.40. The molecule has 0 amide bonds. The Morgan fingerprint density at radius 3 is 3.12 bits per heavy atom. The molecule has 0 aliphatic carbocycles. The molecule has 0 unspecified atom stereocenters. The number of aromatic amines is 1. The van der Waals surface area contributed by atoms with E-state index in [0.717, 1.165) is 17.1 Å². The summed E-state index contributed by atoms with van der Waals surface area (Å²) < 4.78 is 0. The van der Waals surface area contributed by atoms with Crippen LogP contribution < -0.4 is 16.6 Å². The first-order chi connectivity index (χ1) is 8.16. The van der Waals surface area contributed by atoms with Crippen molar-refractivity contribution in [2.24, 2.45) is 0 Å². The Morgan fingerprint density at radius 2 is 2.41 bits per heavy atom. The van der Waals surface area contributed by atoms with Gasteiger partial charge < -0.3 is 16.0 Å². The Kier molecular flexibility index (Phi) is 3.38. The van der Waals surface area contributed by atoms with E-state index in [1.165, 1.54) is 6.33 Å². The Labute approximate surface area is 102 Å². The van der Waals surface area contributed by atoms with Crippen molar-refractivity contribution >= 4 is 22.8 Å². The van der Waals surface area contributed by atoms with Gasteiger partial charge >= 0.3 is 0 Å². The Bertz CT molecular complexity index is 562. The molecule has 0 aliphatic rings. The zero-order chi connectivity index (χ0) is 12.3. The molecule has 90 valence electrons. The second-order valence-electron chi connectivity index (χ2n) is 3.55. The summed E-state index contributed by atoms with van der Waals surface area (Å²) in [6, 6.07) is 0. The zero-order valence-corrected chi connectivity index (χ0v) is 10.2. The molecule has 0 aromatic carbocycles. The molecule has 0 bridgehead atoms. The van der Waals surface area contributed by atoms with Crippen LogP contribution in [0.1, 0.15) is 10.7 Å². The lowest BCUT2D eigenvalue weighted by atomic mass is 10.4. The number of aromatic nitrogens is 3. The molecule has 7 heteroatoms. The van der Waals surface area contributed by atoms with E-state index in [1.807, 2.05) is 12.3 Å². The van der Waals surface area contributed by atoms with E-state index in [-0.39, 0.29) is 11.2 Å². The molecule has 0 fully saturated rings. The number of nitrogens with two attached hydrogens (primary N) is 1. The van der Waals surface area contributed by atoms with E-state index in [9.17, 15) is 4.79 Å². The van der Waals surface area contributed by atoms with Crippen molar-refractivity contribution in [1.29, 1.82) is 0 Å². The highest BCUT2D eigenvalue weighted by molar-refractivity contribution is 7.09. The summed E-state index contributed by atoms with van der Waals surface area (Å²) in [7, 11) is 0. The molecule has 0 atom stereocenters. The number of anilines is 2. The first-order valence-electron chi connectivity index (χ1n) is 5.15. The average molecular weight is 251 g/mol. The van der Waals surface area contributed by atoms with E-state index in [4.69, 9.17) is 5.73 Å². The van der Waals surface area contributed by atoms with Crippen LogP contribution in [0.5, 0.6) is 0 Å². The van der Waals surface area contributed by atoms with Crippen molar-refractivity contribution in [2.75, 3.05) is 17.6 Å². The van der Waals surface area contributed by atoms with Gasteiger partial charge in [-0.15, -0.1) is 11.3 Å². The topological polar surface area (TPSA) is 96.7 Å². The molecular weight excluding hydrogens is 238 g/mol. The van der Waals surface area contributed by atoms with Gasteiger partial charge in [-0.2, -0.15) is 0 Å². The van der Waals surface area contributed by atoms with Crippen molar-refractivity contribution in [1.82, 2.24) is 15.0 Å².